The number of nitriles is 1. The van der Waals surface area contributed by atoms with Crippen LogP contribution in [0.2, 0.25) is 0 Å². The number of fused-ring (bicyclic) bond motifs is 1. The lowest BCUT2D eigenvalue weighted by Gasteiger charge is -2.13. The fraction of sp³-hybridized carbons (Fsp3) is 0.0690. The first kappa shape index (κ1) is 23.5. The van der Waals surface area contributed by atoms with Crippen molar-refractivity contribution in [3.8, 4) is 11.8 Å². The number of nitrogens with zero attached hydrogens (tertiary/aromatic N) is 4. The van der Waals surface area contributed by atoms with Gasteiger partial charge < -0.3 is 10.3 Å². The van der Waals surface area contributed by atoms with Crippen molar-refractivity contribution in [3.05, 3.63) is 118 Å². The summed E-state index contributed by atoms with van der Waals surface area (Å²) in [5.74, 6) is 0.299. The van der Waals surface area contributed by atoms with Gasteiger partial charge in [0.2, 0.25) is 5.91 Å². The smallest absolute Gasteiger partial charge is 0.266 e. The number of aryl methyl sites for hydroxylation is 1. The summed E-state index contributed by atoms with van der Waals surface area (Å²) in [4.78, 5) is 37.8. The summed E-state index contributed by atoms with van der Waals surface area (Å²) in [6.45, 7) is 0. The maximum Gasteiger partial charge on any atom is 0.266 e. The molecule has 2 aromatic heterocycles. The van der Waals surface area contributed by atoms with Gasteiger partial charge in [-0.1, -0.05) is 36.4 Å². The van der Waals surface area contributed by atoms with Crippen molar-refractivity contribution in [3.63, 3.8) is 0 Å². The SMILES string of the molecule is N#Cc1ccc(/C=C/c2nc3ccccc3c(=O)n2-c2cccc(NC(=O)CCc3cnc[nH]3)c2)cc1. The van der Waals surface area contributed by atoms with Crippen LogP contribution >= 0.6 is 0 Å². The van der Waals surface area contributed by atoms with E-state index in [0.717, 1.165) is 11.3 Å². The van der Waals surface area contributed by atoms with Crippen LogP contribution in [0.25, 0.3) is 28.7 Å². The van der Waals surface area contributed by atoms with Crippen molar-refractivity contribution < 1.29 is 4.79 Å². The average molecular weight is 487 g/mol. The Hall–Kier alpha value is -5.29. The predicted octanol–water partition coefficient (Wildman–Crippen LogP) is 4.72. The molecule has 8 nitrogen and oxygen atoms in total. The molecule has 0 spiro atoms. The second kappa shape index (κ2) is 10.5. The lowest BCUT2D eigenvalue weighted by molar-refractivity contribution is -0.116. The van der Waals surface area contributed by atoms with Crippen LogP contribution in [0, 0.1) is 11.3 Å². The number of imidazole rings is 1. The number of nitrogens with one attached hydrogen (secondary N) is 2. The molecule has 0 saturated carbocycles. The normalized spacial score (nSPS) is 11.0. The Morgan fingerprint density at radius 2 is 1.89 bits per heavy atom. The van der Waals surface area contributed by atoms with Gasteiger partial charge >= 0.3 is 0 Å². The molecule has 1 amide bonds. The van der Waals surface area contributed by atoms with Gasteiger partial charge in [0.05, 0.1) is 34.6 Å². The zero-order valence-corrected chi connectivity index (χ0v) is 19.8. The molecule has 180 valence electrons. The largest absolute Gasteiger partial charge is 0.348 e. The number of aromatic nitrogens is 4. The zero-order valence-electron chi connectivity index (χ0n) is 19.8. The molecule has 0 unspecified atom stereocenters. The molecule has 37 heavy (non-hydrogen) atoms. The molecule has 8 heteroatoms. The van der Waals surface area contributed by atoms with Gasteiger partial charge in [-0.05, 0) is 60.5 Å². The Morgan fingerprint density at radius 3 is 2.68 bits per heavy atom. The third-order valence-electron chi connectivity index (χ3n) is 5.83. The van der Waals surface area contributed by atoms with Crippen LogP contribution in [0.15, 0.2) is 90.1 Å². The fourth-order valence-corrected chi connectivity index (χ4v) is 3.97. The third-order valence-corrected chi connectivity index (χ3v) is 5.83. The van der Waals surface area contributed by atoms with Crippen LogP contribution in [-0.2, 0) is 11.2 Å². The number of hydrogen-bond donors (Lipinski definition) is 2. The van der Waals surface area contributed by atoms with E-state index in [1.165, 1.54) is 4.57 Å². The minimum Gasteiger partial charge on any atom is -0.348 e. The van der Waals surface area contributed by atoms with Gasteiger partial charge in [0.25, 0.3) is 5.56 Å². The second-order valence-electron chi connectivity index (χ2n) is 8.37. The molecule has 0 atom stereocenters. The number of carbonyl (C=O) groups excluding carboxylic acids is 1. The molecule has 3 aromatic carbocycles. The number of hydrogen-bond acceptors (Lipinski definition) is 5. The van der Waals surface area contributed by atoms with E-state index in [1.54, 1.807) is 73.2 Å². The number of amides is 1. The maximum absolute atomic E-state index is 13.6. The number of rotatable bonds is 7. The highest BCUT2D eigenvalue weighted by molar-refractivity contribution is 5.91. The molecule has 0 bridgehead atoms. The average Bonchev–Trinajstić information content (AvgIpc) is 3.45. The predicted molar refractivity (Wildman–Crippen MR) is 143 cm³/mol. The first-order valence-corrected chi connectivity index (χ1v) is 11.7. The molecule has 0 aliphatic rings. The minimum absolute atomic E-state index is 0.142. The standard InChI is InChI=1S/C29H22N6O2/c30-17-21-10-8-20(9-11-21)12-14-27-34-26-7-2-1-6-25(26)29(37)35(27)24-5-3-4-22(16-24)33-28(36)15-13-23-18-31-19-32-23/h1-12,14,16,18-19H,13,15H2,(H,31,32)(H,33,36)/b14-12+. The van der Waals surface area contributed by atoms with Crippen LogP contribution in [-0.4, -0.2) is 25.4 Å². The molecule has 2 heterocycles. The molecule has 0 radical (unpaired) electrons. The van der Waals surface area contributed by atoms with Gasteiger partial charge in [-0.25, -0.2) is 9.97 Å². The van der Waals surface area contributed by atoms with Crippen LogP contribution in [0.5, 0.6) is 0 Å². The Kier molecular flexibility index (Phi) is 6.68. The summed E-state index contributed by atoms with van der Waals surface area (Å²) in [5, 5.41) is 12.4. The number of aromatic amines is 1. The van der Waals surface area contributed by atoms with Crippen molar-refractivity contribution in [2.75, 3.05) is 5.32 Å². The number of anilines is 1. The molecule has 0 fully saturated rings. The molecular weight excluding hydrogens is 464 g/mol. The van der Waals surface area contributed by atoms with Gasteiger partial charge in [0, 0.05) is 24.0 Å². The van der Waals surface area contributed by atoms with E-state index < -0.39 is 0 Å². The van der Waals surface area contributed by atoms with Crippen LogP contribution in [0.4, 0.5) is 5.69 Å². The lowest BCUT2D eigenvalue weighted by atomic mass is 10.1. The molecule has 0 aliphatic heterocycles. The Balaban J connectivity index is 1.49. The quantitative estimate of drug-likeness (QED) is 0.345. The van der Waals surface area contributed by atoms with E-state index in [4.69, 9.17) is 10.2 Å². The first-order chi connectivity index (χ1) is 18.1. The summed E-state index contributed by atoms with van der Waals surface area (Å²) in [5.41, 5.74) is 3.85. The number of H-pyrrole nitrogens is 1. The van der Waals surface area contributed by atoms with Crippen molar-refractivity contribution in [2.45, 2.75) is 12.8 Å². The highest BCUT2D eigenvalue weighted by atomic mass is 16.1. The van der Waals surface area contributed by atoms with Crippen molar-refractivity contribution in [1.82, 2.24) is 19.5 Å². The first-order valence-electron chi connectivity index (χ1n) is 11.7. The molecule has 2 N–H and O–H groups in total. The number of benzene rings is 3. The van der Waals surface area contributed by atoms with Gasteiger partial charge in [-0.15, -0.1) is 0 Å². The molecule has 5 aromatic rings. The summed E-state index contributed by atoms with van der Waals surface area (Å²) >= 11 is 0. The Bertz CT molecular complexity index is 1690. The van der Waals surface area contributed by atoms with Crippen molar-refractivity contribution in [1.29, 1.82) is 5.26 Å². The van der Waals surface area contributed by atoms with Gasteiger partial charge in [0.1, 0.15) is 5.82 Å². The molecule has 0 aliphatic carbocycles. The zero-order chi connectivity index (χ0) is 25.6. The third kappa shape index (κ3) is 5.36. The molecule has 0 saturated heterocycles. The number of carbonyl (C=O) groups is 1. The van der Waals surface area contributed by atoms with E-state index in [-0.39, 0.29) is 11.5 Å². The maximum atomic E-state index is 13.6. The molecule has 5 rings (SSSR count). The summed E-state index contributed by atoms with van der Waals surface area (Å²) in [7, 11) is 0. The topological polar surface area (TPSA) is 116 Å². The summed E-state index contributed by atoms with van der Waals surface area (Å²) in [6.07, 6.45) is 7.73. The van der Waals surface area contributed by atoms with E-state index in [0.29, 0.717) is 46.5 Å². The molecular formula is C29H22N6O2. The Morgan fingerprint density at radius 1 is 1.05 bits per heavy atom. The van der Waals surface area contributed by atoms with Gasteiger partial charge in [-0.3, -0.25) is 14.2 Å². The van der Waals surface area contributed by atoms with Gasteiger partial charge in [0.15, 0.2) is 0 Å². The summed E-state index contributed by atoms with van der Waals surface area (Å²) in [6, 6.07) is 23.6. The summed E-state index contributed by atoms with van der Waals surface area (Å²) < 4.78 is 1.53. The fourth-order valence-electron chi connectivity index (χ4n) is 3.97. The lowest BCUT2D eigenvalue weighted by Crippen LogP contribution is -2.22. The minimum atomic E-state index is -0.215. The second-order valence-corrected chi connectivity index (χ2v) is 8.37. The van der Waals surface area contributed by atoms with E-state index in [9.17, 15) is 9.59 Å². The van der Waals surface area contributed by atoms with Crippen LogP contribution < -0.4 is 10.9 Å². The Labute approximate surface area is 212 Å². The number of para-hydroxylation sites is 1. The van der Waals surface area contributed by atoms with E-state index in [1.807, 2.05) is 24.3 Å². The highest BCUT2D eigenvalue weighted by Crippen LogP contribution is 2.19. The van der Waals surface area contributed by atoms with Crippen LogP contribution in [0.1, 0.15) is 29.1 Å². The van der Waals surface area contributed by atoms with Crippen LogP contribution in [0.3, 0.4) is 0 Å². The van der Waals surface area contributed by atoms with E-state index >= 15 is 0 Å². The monoisotopic (exact) mass is 486 g/mol. The van der Waals surface area contributed by atoms with Gasteiger partial charge in [-0.2, -0.15) is 5.26 Å². The van der Waals surface area contributed by atoms with Crippen molar-refractivity contribution in [2.24, 2.45) is 0 Å². The van der Waals surface area contributed by atoms with Crippen molar-refractivity contribution >= 4 is 34.6 Å². The van der Waals surface area contributed by atoms with E-state index in [2.05, 4.69) is 21.4 Å². The highest BCUT2D eigenvalue weighted by Gasteiger charge is 2.12.